The predicted octanol–water partition coefficient (Wildman–Crippen LogP) is 3.98. The van der Waals surface area contributed by atoms with Gasteiger partial charge in [-0.05, 0) is 29.8 Å². The number of carbonyl (C=O) groups is 1. The largest absolute Gasteiger partial charge is 0.321 e. The molecule has 0 radical (unpaired) electrons. The molecule has 26 heavy (non-hydrogen) atoms. The maximum Gasteiger partial charge on any atom is 0.255 e. The first kappa shape index (κ1) is 17.7. The zero-order valence-corrected chi connectivity index (χ0v) is 15.0. The molecular formula is C20H18N2O3S. The van der Waals surface area contributed by atoms with Gasteiger partial charge in [0, 0.05) is 22.5 Å². The third kappa shape index (κ3) is 4.49. The number of nitrogens with one attached hydrogen (secondary N) is 2. The Hall–Kier alpha value is -3.12. The molecule has 0 aromatic heterocycles. The van der Waals surface area contributed by atoms with Gasteiger partial charge in [-0.25, -0.2) is 8.42 Å². The molecule has 0 saturated heterocycles. The van der Waals surface area contributed by atoms with Crippen LogP contribution in [0.3, 0.4) is 0 Å². The molecule has 0 aliphatic carbocycles. The van der Waals surface area contributed by atoms with Crippen molar-refractivity contribution in [2.24, 2.45) is 0 Å². The van der Waals surface area contributed by atoms with E-state index in [4.69, 9.17) is 0 Å². The van der Waals surface area contributed by atoms with Gasteiger partial charge >= 0.3 is 0 Å². The van der Waals surface area contributed by atoms with Crippen LogP contribution in [0.1, 0.15) is 10.4 Å². The Bertz CT molecular complexity index is 1030. The van der Waals surface area contributed by atoms with E-state index in [1.54, 1.807) is 18.2 Å². The van der Waals surface area contributed by atoms with Gasteiger partial charge in [0.1, 0.15) is 0 Å². The topological polar surface area (TPSA) is 75.3 Å². The second-order valence-corrected chi connectivity index (χ2v) is 7.57. The molecule has 3 rings (SSSR count). The average molecular weight is 366 g/mol. The molecule has 1 amide bonds. The van der Waals surface area contributed by atoms with Crippen LogP contribution >= 0.6 is 0 Å². The average Bonchev–Trinajstić information content (AvgIpc) is 2.62. The summed E-state index contributed by atoms with van der Waals surface area (Å²) in [6.45, 7) is 0. The van der Waals surface area contributed by atoms with Crippen LogP contribution in [0.4, 0.5) is 11.4 Å². The highest BCUT2D eigenvalue weighted by Crippen LogP contribution is 2.28. The van der Waals surface area contributed by atoms with Crippen molar-refractivity contribution < 1.29 is 13.2 Å². The molecule has 2 N–H and O–H groups in total. The number of benzene rings is 3. The molecule has 5 nitrogen and oxygen atoms in total. The molecule has 3 aromatic carbocycles. The Kier molecular flexibility index (Phi) is 5.04. The Morgan fingerprint density at radius 3 is 2.27 bits per heavy atom. The second-order valence-electron chi connectivity index (χ2n) is 5.82. The Morgan fingerprint density at radius 2 is 1.54 bits per heavy atom. The van der Waals surface area contributed by atoms with Crippen molar-refractivity contribution in [3.05, 3.63) is 84.4 Å². The van der Waals surface area contributed by atoms with Gasteiger partial charge in [-0.3, -0.25) is 9.52 Å². The van der Waals surface area contributed by atoms with E-state index < -0.39 is 10.0 Å². The van der Waals surface area contributed by atoms with Crippen molar-refractivity contribution in [2.75, 3.05) is 16.3 Å². The monoisotopic (exact) mass is 366 g/mol. The predicted molar refractivity (Wildman–Crippen MR) is 105 cm³/mol. The summed E-state index contributed by atoms with van der Waals surface area (Å²) in [5, 5.41) is 2.90. The molecule has 0 bridgehead atoms. The van der Waals surface area contributed by atoms with Crippen molar-refractivity contribution in [3.63, 3.8) is 0 Å². The molecule has 0 aliphatic heterocycles. The van der Waals surface area contributed by atoms with Crippen molar-refractivity contribution in [1.82, 2.24) is 0 Å². The van der Waals surface area contributed by atoms with E-state index in [1.807, 2.05) is 54.6 Å². The van der Waals surface area contributed by atoms with E-state index in [2.05, 4.69) is 10.0 Å². The molecule has 3 aromatic rings. The minimum Gasteiger partial charge on any atom is -0.321 e. The quantitative estimate of drug-likeness (QED) is 0.717. The fourth-order valence-electron chi connectivity index (χ4n) is 2.59. The lowest BCUT2D eigenvalue weighted by Gasteiger charge is -2.12. The molecule has 0 aliphatic rings. The lowest BCUT2D eigenvalue weighted by atomic mass is 10.0. The summed E-state index contributed by atoms with van der Waals surface area (Å²) in [6, 6.07) is 23.7. The maximum atomic E-state index is 12.6. The molecular weight excluding hydrogens is 348 g/mol. The molecule has 0 spiro atoms. The minimum absolute atomic E-state index is 0.314. The van der Waals surface area contributed by atoms with Crippen LogP contribution in [0, 0.1) is 0 Å². The first-order chi connectivity index (χ1) is 12.4. The number of sulfonamides is 1. The summed E-state index contributed by atoms with van der Waals surface area (Å²) in [6.07, 6.45) is 1.07. The maximum absolute atomic E-state index is 12.6. The molecule has 0 heterocycles. The molecule has 6 heteroatoms. The van der Waals surface area contributed by atoms with Gasteiger partial charge in [0.15, 0.2) is 0 Å². The zero-order chi connectivity index (χ0) is 18.6. The Morgan fingerprint density at radius 1 is 0.846 bits per heavy atom. The number of carbonyl (C=O) groups excluding carboxylic acids is 1. The SMILES string of the molecule is CS(=O)(=O)Nc1cccc(C(=O)Nc2ccccc2-c2ccccc2)c1. The van der Waals surface area contributed by atoms with E-state index >= 15 is 0 Å². The van der Waals surface area contributed by atoms with Gasteiger partial charge in [0.2, 0.25) is 10.0 Å². The van der Waals surface area contributed by atoms with Gasteiger partial charge in [0.25, 0.3) is 5.91 Å². The van der Waals surface area contributed by atoms with E-state index in [0.29, 0.717) is 16.9 Å². The first-order valence-electron chi connectivity index (χ1n) is 7.96. The lowest BCUT2D eigenvalue weighted by molar-refractivity contribution is 0.102. The number of hydrogen-bond donors (Lipinski definition) is 2. The van der Waals surface area contributed by atoms with Crippen LogP contribution in [0.15, 0.2) is 78.9 Å². The van der Waals surface area contributed by atoms with Crippen molar-refractivity contribution >= 4 is 27.3 Å². The molecule has 0 atom stereocenters. The fourth-order valence-corrected chi connectivity index (χ4v) is 3.15. The van der Waals surface area contributed by atoms with Gasteiger partial charge in [-0.2, -0.15) is 0 Å². The first-order valence-corrected chi connectivity index (χ1v) is 9.85. The minimum atomic E-state index is -3.40. The Labute approximate surface area is 152 Å². The van der Waals surface area contributed by atoms with E-state index in [-0.39, 0.29) is 5.91 Å². The highest BCUT2D eigenvalue weighted by molar-refractivity contribution is 7.92. The highest BCUT2D eigenvalue weighted by atomic mass is 32.2. The van der Waals surface area contributed by atoms with E-state index in [0.717, 1.165) is 17.4 Å². The summed E-state index contributed by atoms with van der Waals surface area (Å²) in [4.78, 5) is 12.6. The van der Waals surface area contributed by atoms with Crippen LogP contribution < -0.4 is 10.0 Å². The van der Waals surface area contributed by atoms with Crippen molar-refractivity contribution in [1.29, 1.82) is 0 Å². The summed E-state index contributed by atoms with van der Waals surface area (Å²) in [7, 11) is -3.40. The van der Waals surface area contributed by atoms with Gasteiger partial charge < -0.3 is 5.32 Å². The standard InChI is InChI=1S/C20H18N2O3S/c1-26(24,25)22-17-11-7-10-16(14-17)20(23)21-19-13-6-5-12-18(19)15-8-3-2-4-9-15/h2-14,22H,1H3,(H,21,23). The van der Waals surface area contributed by atoms with Gasteiger partial charge in [-0.1, -0.05) is 54.6 Å². The van der Waals surface area contributed by atoms with Crippen molar-refractivity contribution in [2.45, 2.75) is 0 Å². The number of hydrogen-bond acceptors (Lipinski definition) is 3. The van der Waals surface area contributed by atoms with Gasteiger partial charge in [-0.15, -0.1) is 0 Å². The summed E-state index contributed by atoms with van der Waals surface area (Å²) in [5.41, 5.74) is 3.30. The summed E-state index contributed by atoms with van der Waals surface area (Å²) in [5.74, 6) is -0.314. The Balaban J connectivity index is 1.87. The molecule has 132 valence electrons. The highest BCUT2D eigenvalue weighted by Gasteiger charge is 2.11. The van der Waals surface area contributed by atoms with Crippen LogP contribution in [0.25, 0.3) is 11.1 Å². The molecule has 0 saturated carbocycles. The van der Waals surface area contributed by atoms with Crippen LogP contribution in [0.2, 0.25) is 0 Å². The number of para-hydroxylation sites is 1. The number of rotatable bonds is 5. The fraction of sp³-hybridized carbons (Fsp3) is 0.0500. The third-order valence-electron chi connectivity index (χ3n) is 3.69. The summed E-state index contributed by atoms with van der Waals surface area (Å²) < 4.78 is 25.1. The summed E-state index contributed by atoms with van der Waals surface area (Å²) >= 11 is 0. The van der Waals surface area contributed by atoms with Crippen LogP contribution in [-0.2, 0) is 10.0 Å². The van der Waals surface area contributed by atoms with Crippen LogP contribution in [0.5, 0.6) is 0 Å². The second kappa shape index (κ2) is 7.41. The number of anilines is 2. The van der Waals surface area contributed by atoms with Crippen molar-refractivity contribution in [3.8, 4) is 11.1 Å². The zero-order valence-electron chi connectivity index (χ0n) is 14.1. The molecule has 0 fully saturated rings. The third-order valence-corrected chi connectivity index (χ3v) is 4.29. The normalized spacial score (nSPS) is 11.0. The molecule has 0 unspecified atom stereocenters. The smallest absolute Gasteiger partial charge is 0.255 e. The van der Waals surface area contributed by atoms with E-state index in [9.17, 15) is 13.2 Å². The van der Waals surface area contributed by atoms with E-state index in [1.165, 1.54) is 6.07 Å². The van der Waals surface area contributed by atoms with Crippen LogP contribution in [-0.4, -0.2) is 20.6 Å². The van der Waals surface area contributed by atoms with Gasteiger partial charge in [0.05, 0.1) is 6.26 Å². The lowest BCUT2D eigenvalue weighted by Crippen LogP contribution is -2.14. The number of amides is 1.